The largest absolute Gasteiger partial charge is 0.296 e. The van der Waals surface area contributed by atoms with Crippen LogP contribution in [0.1, 0.15) is 42.2 Å². The van der Waals surface area contributed by atoms with Gasteiger partial charge in [-0.05, 0) is 30.0 Å². The summed E-state index contributed by atoms with van der Waals surface area (Å²) in [5.41, 5.74) is 1.33. The molecule has 0 aliphatic carbocycles. The monoisotopic (exact) mass is 430 g/mol. The second-order valence-electron chi connectivity index (χ2n) is 6.91. The Hall–Kier alpha value is -2.62. The molecule has 3 aromatic rings. The molecule has 1 atom stereocenters. The Labute approximate surface area is 174 Å². The molecule has 29 heavy (non-hydrogen) atoms. The van der Waals surface area contributed by atoms with E-state index in [1.54, 1.807) is 30.3 Å². The van der Waals surface area contributed by atoms with Gasteiger partial charge in [0.25, 0.3) is 15.9 Å². The predicted octanol–water partition coefficient (Wildman–Crippen LogP) is 3.86. The first-order chi connectivity index (χ1) is 13.8. The third-order valence-electron chi connectivity index (χ3n) is 4.10. The lowest BCUT2D eigenvalue weighted by Gasteiger charge is -2.20. The third kappa shape index (κ3) is 5.69. The van der Waals surface area contributed by atoms with Crippen LogP contribution in [0.2, 0.25) is 0 Å². The molecule has 0 saturated carbocycles. The quantitative estimate of drug-likeness (QED) is 0.529. The fraction of sp³-hybridized carbons (Fsp3) is 0.250. The number of sulfonamides is 1. The number of rotatable bonds is 8. The van der Waals surface area contributed by atoms with Crippen molar-refractivity contribution < 1.29 is 13.2 Å². The van der Waals surface area contributed by atoms with Crippen LogP contribution in [0.5, 0.6) is 0 Å². The summed E-state index contributed by atoms with van der Waals surface area (Å²) in [5.74, 6) is -0.0846. The van der Waals surface area contributed by atoms with Gasteiger partial charge in [0.2, 0.25) is 9.47 Å². The van der Waals surface area contributed by atoms with E-state index in [2.05, 4.69) is 20.2 Å². The molecular formula is C20H22N4O3S2. The van der Waals surface area contributed by atoms with Crippen molar-refractivity contribution in [3.05, 3.63) is 71.8 Å². The number of aromatic nitrogens is 2. The Morgan fingerprint density at radius 1 is 1.00 bits per heavy atom. The lowest BCUT2D eigenvalue weighted by atomic mass is 9.98. The second kappa shape index (κ2) is 9.25. The first-order valence-corrected chi connectivity index (χ1v) is 11.4. The van der Waals surface area contributed by atoms with Crippen molar-refractivity contribution >= 4 is 32.4 Å². The molecule has 0 aliphatic heterocycles. The minimum absolute atomic E-state index is 0.124. The molecule has 2 N–H and O–H groups in total. The van der Waals surface area contributed by atoms with E-state index in [9.17, 15) is 13.2 Å². The molecule has 3 rings (SSSR count). The van der Waals surface area contributed by atoms with E-state index < -0.39 is 10.0 Å². The Kier molecular flexibility index (Phi) is 6.73. The van der Waals surface area contributed by atoms with Crippen molar-refractivity contribution in [1.82, 2.24) is 14.9 Å². The van der Waals surface area contributed by atoms with Gasteiger partial charge in [0.15, 0.2) is 0 Å². The van der Waals surface area contributed by atoms with Crippen LogP contribution in [-0.4, -0.2) is 24.5 Å². The maximum atomic E-state index is 12.9. The molecule has 0 aliphatic rings. The van der Waals surface area contributed by atoms with Gasteiger partial charge in [-0.1, -0.05) is 73.7 Å². The molecule has 1 aromatic heterocycles. The summed E-state index contributed by atoms with van der Waals surface area (Å²) in [4.78, 5) is 12.2. The average Bonchev–Trinajstić information content (AvgIpc) is 3.18. The summed E-state index contributed by atoms with van der Waals surface area (Å²) in [6.45, 7) is 4.07. The van der Waals surface area contributed by atoms with Gasteiger partial charge in [0.05, 0.1) is 0 Å². The molecule has 1 heterocycles. The van der Waals surface area contributed by atoms with Gasteiger partial charge in [0, 0.05) is 11.6 Å². The van der Waals surface area contributed by atoms with E-state index in [-0.39, 0.29) is 27.3 Å². The highest BCUT2D eigenvalue weighted by atomic mass is 32.2. The lowest BCUT2D eigenvalue weighted by molar-refractivity contribution is 0.102. The van der Waals surface area contributed by atoms with Crippen LogP contribution < -0.4 is 10.0 Å². The first kappa shape index (κ1) is 21.1. The summed E-state index contributed by atoms with van der Waals surface area (Å²) in [5, 5.41) is 10.3. The lowest BCUT2D eigenvalue weighted by Crippen LogP contribution is -2.29. The average molecular weight is 431 g/mol. The molecule has 0 fully saturated rings. The SMILES string of the molecule is CC(C)C[C@H](NS(=O)(=O)c1nnc(NC(=O)c2ccccc2)s1)c1ccccc1. The van der Waals surface area contributed by atoms with E-state index in [0.29, 0.717) is 12.0 Å². The molecule has 0 spiro atoms. The predicted molar refractivity (Wildman–Crippen MR) is 113 cm³/mol. The van der Waals surface area contributed by atoms with Crippen molar-refractivity contribution in [2.24, 2.45) is 5.92 Å². The standard InChI is InChI=1S/C20H22N4O3S2/c1-14(2)13-17(15-9-5-3-6-10-15)24-29(26,27)20-23-22-19(28-20)21-18(25)16-11-7-4-8-12-16/h3-12,14,17,24H,13H2,1-2H3,(H,21,22,25)/t17-/m0/s1. The molecule has 7 nitrogen and oxygen atoms in total. The van der Waals surface area contributed by atoms with Crippen molar-refractivity contribution in [3.8, 4) is 0 Å². The van der Waals surface area contributed by atoms with E-state index in [1.807, 2.05) is 44.2 Å². The van der Waals surface area contributed by atoms with Gasteiger partial charge in [-0.25, -0.2) is 13.1 Å². The normalized spacial score (nSPS) is 12.7. The molecule has 0 radical (unpaired) electrons. The number of carbonyl (C=O) groups excluding carboxylic acids is 1. The molecule has 0 saturated heterocycles. The van der Waals surface area contributed by atoms with E-state index in [4.69, 9.17) is 0 Å². The number of nitrogens with zero attached hydrogens (tertiary/aromatic N) is 2. The molecular weight excluding hydrogens is 408 g/mol. The van der Waals surface area contributed by atoms with Crippen LogP contribution in [0.4, 0.5) is 5.13 Å². The van der Waals surface area contributed by atoms with Gasteiger partial charge in [0.1, 0.15) is 0 Å². The first-order valence-electron chi connectivity index (χ1n) is 9.12. The highest BCUT2D eigenvalue weighted by Gasteiger charge is 2.26. The molecule has 9 heteroatoms. The molecule has 2 aromatic carbocycles. The van der Waals surface area contributed by atoms with Gasteiger partial charge in [-0.15, -0.1) is 10.2 Å². The zero-order chi connectivity index (χ0) is 20.9. The van der Waals surface area contributed by atoms with Crippen LogP contribution in [0, 0.1) is 5.92 Å². The summed E-state index contributed by atoms with van der Waals surface area (Å²) in [7, 11) is -3.89. The fourth-order valence-corrected chi connectivity index (χ4v) is 4.92. The zero-order valence-electron chi connectivity index (χ0n) is 16.1. The Balaban J connectivity index is 1.76. The third-order valence-corrected chi connectivity index (χ3v) is 6.78. The summed E-state index contributed by atoms with van der Waals surface area (Å²) in [6.07, 6.45) is 0.639. The minimum Gasteiger partial charge on any atom is -0.296 e. The van der Waals surface area contributed by atoms with Crippen LogP contribution in [-0.2, 0) is 10.0 Å². The number of amides is 1. The van der Waals surface area contributed by atoms with E-state index >= 15 is 0 Å². The topological polar surface area (TPSA) is 101 Å². The molecule has 0 bridgehead atoms. The maximum absolute atomic E-state index is 12.9. The van der Waals surface area contributed by atoms with Gasteiger partial charge >= 0.3 is 0 Å². The van der Waals surface area contributed by atoms with Gasteiger partial charge in [-0.2, -0.15) is 0 Å². The number of carbonyl (C=O) groups is 1. The van der Waals surface area contributed by atoms with Crippen LogP contribution in [0.3, 0.4) is 0 Å². The van der Waals surface area contributed by atoms with E-state index in [0.717, 1.165) is 16.9 Å². The van der Waals surface area contributed by atoms with Crippen LogP contribution in [0.25, 0.3) is 0 Å². The van der Waals surface area contributed by atoms with E-state index in [1.165, 1.54) is 0 Å². The zero-order valence-corrected chi connectivity index (χ0v) is 17.7. The van der Waals surface area contributed by atoms with Crippen molar-refractivity contribution in [3.63, 3.8) is 0 Å². The molecule has 0 unspecified atom stereocenters. The number of hydrogen-bond donors (Lipinski definition) is 2. The number of nitrogens with one attached hydrogen (secondary N) is 2. The van der Waals surface area contributed by atoms with Gasteiger partial charge in [-0.3, -0.25) is 10.1 Å². The number of hydrogen-bond acceptors (Lipinski definition) is 6. The Bertz CT molecular complexity index is 1050. The molecule has 1 amide bonds. The van der Waals surface area contributed by atoms with Gasteiger partial charge < -0.3 is 0 Å². The second-order valence-corrected chi connectivity index (χ2v) is 9.77. The Morgan fingerprint density at radius 2 is 1.62 bits per heavy atom. The van der Waals surface area contributed by atoms with Crippen LogP contribution in [0.15, 0.2) is 65.0 Å². The van der Waals surface area contributed by atoms with Crippen molar-refractivity contribution in [1.29, 1.82) is 0 Å². The smallest absolute Gasteiger partial charge is 0.270 e. The maximum Gasteiger partial charge on any atom is 0.270 e. The summed E-state index contributed by atoms with van der Waals surface area (Å²) >= 11 is 0.814. The number of anilines is 1. The van der Waals surface area contributed by atoms with Crippen LogP contribution >= 0.6 is 11.3 Å². The highest BCUT2D eigenvalue weighted by Crippen LogP contribution is 2.26. The van der Waals surface area contributed by atoms with Crippen molar-refractivity contribution in [2.75, 3.05) is 5.32 Å². The molecule has 152 valence electrons. The number of benzene rings is 2. The minimum atomic E-state index is -3.89. The van der Waals surface area contributed by atoms with Crippen molar-refractivity contribution in [2.45, 2.75) is 30.6 Å². The summed E-state index contributed by atoms with van der Waals surface area (Å²) < 4.78 is 28.2. The summed E-state index contributed by atoms with van der Waals surface area (Å²) in [6, 6.07) is 17.6. The fourth-order valence-electron chi connectivity index (χ4n) is 2.77. The Morgan fingerprint density at radius 3 is 2.24 bits per heavy atom. The highest BCUT2D eigenvalue weighted by molar-refractivity contribution is 7.91.